The third-order valence-electron chi connectivity index (χ3n) is 3.07. The van der Waals surface area contributed by atoms with Crippen molar-refractivity contribution in [1.82, 2.24) is 0 Å². The maximum Gasteiger partial charge on any atom is 0.169 e. The minimum absolute atomic E-state index is 0.123. The van der Waals surface area contributed by atoms with Gasteiger partial charge in [0, 0.05) is 0 Å². The second kappa shape index (κ2) is 7.29. The predicted molar refractivity (Wildman–Crippen MR) is 82.0 cm³/mol. The molecule has 0 saturated heterocycles. The lowest BCUT2D eigenvalue weighted by atomic mass is 9.98. The highest BCUT2D eigenvalue weighted by molar-refractivity contribution is 6.01. The van der Waals surface area contributed by atoms with Gasteiger partial charge in [-0.1, -0.05) is 55.2 Å². The molecule has 0 aliphatic heterocycles. The van der Waals surface area contributed by atoms with E-state index in [1.54, 1.807) is 18.4 Å². The summed E-state index contributed by atoms with van der Waals surface area (Å²) in [5.41, 5.74) is 1.94. The van der Waals surface area contributed by atoms with Crippen molar-refractivity contribution in [2.45, 2.75) is 6.42 Å². The summed E-state index contributed by atoms with van der Waals surface area (Å²) in [6.45, 7) is 4.06. The van der Waals surface area contributed by atoms with Crippen LogP contribution in [0, 0.1) is 5.92 Å². The Morgan fingerprint density at radius 3 is 3.15 bits per heavy atom. The number of ketones is 1. The number of carbonyl (C=O) groups excluding carboxylic acids is 1. The molecular formula is C18H18O2. The second-order valence-electron chi connectivity index (χ2n) is 4.54. The lowest BCUT2D eigenvalue weighted by Gasteiger charge is -2.04. The number of allylic oxidation sites excluding steroid dienone is 11. The molecule has 0 aromatic heterocycles. The van der Waals surface area contributed by atoms with Gasteiger partial charge >= 0.3 is 0 Å². The molecule has 2 heteroatoms. The first kappa shape index (κ1) is 14.1. The molecule has 20 heavy (non-hydrogen) atoms. The Morgan fingerprint density at radius 1 is 1.50 bits per heavy atom. The molecule has 0 spiro atoms. The fraction of sp³-hybridized carbons (Fsp3) is 0.167. The zero-order valence-electron chi connectivity index (χ0n) is 11.4. The molecule has 102 valence electrons. The van der Waals surface area contributed by atoms with Crippen LogP contribution in [0.2, 0.25) is 0 Å². The van der Waals surface area contributed by atoms with Gasteiger partial charge in [-0.2, -0.15) is 0 Å². The van der Waals surface area contributed by atoms with E-state index < -0.39 is 0 Å². The van der Waals surface area contributed by atoms with Crippen LogP contribution in [0.15, 0.2) is 84.7 Å². The van der Waals surface area contributed by atoms with Crippen molar-refractivity contribution in [3.63, 3.8) is 0 Å². The lowest BCUT2D eigenvalue weighted by Crippen LogP contribution is -2.10. The van der Waals surface area contributed by atoms with Crippen molar-refractivity contribution in [3.8, 4) is 0 Å². The van der Waals surface area contributed by atoms with Crippen molar-refractivity contribution in [1.29, 1.82) is 0 Å². The van der Waals surface area contributed by atoms with Crippen LogP contribution in [-0.2, 0) is 9.53 Å². The summed E-state index contributed by atoms with van der Waals surface area (Å²) in [4.78, 5) is 12.2. The van der Waals surface area contributed by atoms with Crippen molar-refractivity contribution in [3.05, 3.63) is 84.7 Å². The molecule has 0 heterocycles. The van der Waals surface area contributed by atoms with Crippen molar-refractivity contribution < 1.29 is 9.53 Å². The van der Waals surface area contributed by atoms with Gasteiger partial charge in [-0.25, -0.2) is 0 Å². The Kier molecular flexibility index (Phi) is 5.13. The third-order valence-corrected chi connectivity index (χ3v) is 3.07. The minimum atomic E-state index is -0.123. The molecule has 0 aromatic carbocycles. The third kappa shape index (κ3) is 3.82. The molecule has 1 atom stereocenters. The number of rotatable bonds is 7. The number of ether oxygens (including phenoxy) is 1. The number of carbonyl (C=O) groups is 1. The second-order valence-corrected chi connectivity index (χ2v) is 4.54. The largest absolute Gasteiger partial charge is 0.497 e. The van der Waals surface area contributed by atoms with E-state index in [1.807, 2.05) is 48.6 Å². The fourth-order valence-corrected chi connectivity index (χ4v) is 2.06. The summed E-state index contributed by atoms with van der Waals surface area (Å²) < 4.78 is 5.22. The molecule has 2 rings (SSSR count). The zero-order chi connectivity index (χ0) is 14.2. The Bertz CT molecular complexity index is 554. The molecule has 0 radical (unpaired) electrons. The van der Waals surface area contributed by atoms with Crippen LogP contribution in [-0.4, -0.2) is 12.4 Å². The molecule has 0 saturated carbocycles. The van der Waals surface area contributed by atoms with Gasteiger partial charge in [-0.15, -0.1) is 0 Å². The van der Waals surface area contributed by atoms with E-state index in [2.05, 4.69) is 6.58 Å². The summed E-state index contributed by atoms with van der Waals surface area (Å²) in [5, 5.41) is 0. The lowest BCUT2D eigenvalue weighted by molar-refractivity contribution is -0.116. The highest BCUT2D eigenvalue weighted by Crippen LogP contribution is 2.23. The fourth-order valence-electron chi connectivity index (χ4n) is 2.06. The van der Waals surface area contributed by atoms with Gasteiger partial charge in [-0.05, 0) is 29.7 Å². The number of hydrogen-bond donors (Lipinski definition) is 0. The van der Waals surface area contributed by atoms with Crippen LogP contribution >= 0.6 is 0 Å². The Balaban J connectivity index is 1.83. The Morgan fingerprint density at radius 2 is 2.40 bits per heavy atom. The van der Waals surface area contributed by atoms with Crippen LogP contribution < -0.4 is 0 Å². The van der Waals surface area contributed by atoms with Gasteiger partial charge in [0.25, 0.3) is 0 Å². The topological polar surface area (TPSA) is 26.3 Å². The Hall–Kier alpha value is -2.35. The van der Waals surface area contributed by atoms with Gasteiger partial charge in [0.15, 0.2) is 5.78 Å². The monoisotopic (exact) mass is 266 g/mol. The summed E-state index contributed by atoms with van der Waals surface area (Å²) in [5.74, 6) is 0.0715. The summed E-state index contributed by atoms with van der Waals surface area (Å²) in [7, 11) is 0. The first-order valence-corrected chi connectivity index (χ1v) is 6.67. The molecule has 2 aliphatic rings. The molecule has 1 unspecified atom stereocenters. The Labute approximate surface area is 119 Å². The van der Waals surface area contributed by atoms with Crippen molar-refractivity contribution >= 4 is 5.78 Å². The summed E-state index contributed by atoms with van der Waals surface area (Å²) >= 11 is 0. The van der Waals surface area contributed by atoms with Gasteiger partial charge in [0.05, 0.1) is 12.2 Å². The summed E-state index contributed by atoms with van der Waals surface area (Å²) in [6, 6.07) is 0. The molecular weight excluding hydrogens is 248 g/mol. The molecule has 0 fully saturated rings. The van der Waals surface area contributed by atoms with E-state index in [0.29, 0.717) is 6.61 Å². The molecule has 0 bridgehead atoms. The van der Waals surface area contributed by atoms with Gasteiger partial charge < -0.3 is 4.74 Å². The van der Waals surface area contributed by atoms with E-state index >= 15 is 0 Å². The van der Waals surface area contributed by atoms with Crippen LogP contribution in [0.25, 0.3) is 0 Å². The molecule has 2 aliphatic carbocycles. The van der Waals surface area contributed by atoms with E-state index in [9.17, 15) is 4.79 Å². The van der Waals surface area contributed by atoms with Gasteiger partial charge in [0.1, 0.15) is 6.61 Å². The maximum absolute atomic E-state index is 12.2. The predicted octanol–water partition coefficient (Wildman–Crippen LogP) is 3.83. The molecule has 0 aromatic rings. The molecule has 0 N–H and O–H groups in total. The normalized spacial score (nSPS) is 20.7. The zero-order valence-corrected chi connectivity index (χ0v) is 11.4. The van der Waals surface area contributed by atoms with E-state index in [1.165, 1.54) is 0 Å². The number of hydrogen-bond acceptors (Lipinski definition) is 2. The first-order valence-electron chi connectivity index (χ1n) is 6.67. The van der Waals surface area contributed by atoms with E-state index in [0.717, 1.165) is 17.6 Å². The van der Waals surface area contributed by atoms with E-state index in [-0.39, 0.29) is 11.7 Å². The average Bonchev–Trinajstić information content (AvgIpc) is 3.13. The standard InChI is InChI=1S/C18H18O2/c1-2-3-12-20-13-6-7-15-10-11-17(14-15)18(19)16-8-4-5-9-16/h2-8,10-12,14,17H,1,9,13H2/b7-6+,12-3-. The van der Waals surface area contributed by atoms with Crippen LogP contribution in [0.5, 0.6) is 0 Å². The smallest absolute Gasteiger partial charge is 0.169 e. The van der Waals surface area contributed by atoms with Gasteiger partial charge in [0.2, 0.25) is 0 Å². The molecule has 2 nitrogen and oxygen atoms in total. The van der Waals surface area contributed by atoms with Crippen molar-refractivity contribution in [2.24, 2.45) is 5.92 Å². The van der Waals surface area contributed by atoms with E-state index in [4.69, 9.17) is 4.74 Å². The van der Waals surface area contributed by atoms with Crippen LogP contribution in [0.4, 0.5) is 0 Å². The number of Topliss-reactive ketones (excluding diaryl/α,β-unsaturated/α-hetero) is 1. The highest BCUT2D eigenvalue weighted by atomic mass is 16.5. The first-order chi connectivity index (χ1) is 9.81. The van der Waals surface area contributed by atoms with Crippen LogP contribution in [0.1, 0.15) is 6.42 Å². The SMILES string of the molecule is C=C/C=C\OC/C=C/C1=CC(C(=O)C2=CC=CC2)C=C1. The van der Waals surface area contributed by atoms with Crippen molar-refractivity contribution in [2.75, 3.05) is 6.61 Å². The summed E-state index contributed by atoms with van der Waals surface area (Å²) in [6.07, 6.45) is 21.4. The highest BCUT2D eigenvalue weighted by Gasteiger charge is 2.20. The maximum atomic E-state index is 12.2. The average molecular weight is 266 g/mol. The quantitative estimate of drug-likeness (QED) is 0.398. The molecule has 0 amide bonds. The van der Waals surface area contributed by atoms with Crippen LogP contribution in [0.3, 0.4) is 0 Å². The minimum Gasteiger partial charge on any atom is -0.497 e. The van der Waals surface area contributed by atoms with Gasteiger partial charge in [-0.3, -0.25) is 4.79 Å².